The van der Waals surface area contributed by atoms with Crippen molar-refractivity contribution in [3.63, 3.8) is 0 Å². The lowest BCUT2D eigenvalue weighted by atomic mass is 10.1. The van der Waals surface area contributed by atoms with Gasteiger partial charge in [-0.15, -0.1) is 0 Å². The van der Waals surface area contributed by atoms with Crippen LogP contribution in [-0.4, -0.2) is 10.9 Å². The van der Waals surface area contributed by atoms with Crippen LogP contribution in [0.1, 0.15) is 27.0 Å². The molecular weight excluding hydrogens is 326 g/mol. The molecule has 2 aromatic carbocycles. The monoisotopic (exact) mass is 347 g/mol. The first-order valence-electron chi connectivity index (χ1n) is 8.42. The SMILES string of the molecule is Cc1ccc(CONC(=O)c2ccccc2NCc2ccncc2)cc1. The van der Waals surface area contributed by atoms with Crippen molar-refractivity contribution in [1.29, 1.82) is 0 Å². The van der Waals surface area contributed by atoms with E-state index in [-0.39, 0.29) is 5.91 Å². The summed E-state index contributed by atoms with van der Waals surface area (Å²) in [7, 11) is 0. The number of nitrogens with zero attached hydrogens (tertiary/aromatic N) is 1. The molecule has 0 atom stereocenters. The summed E-state index contributed by atoms with van der Waals surface area (Å²) in [4.78, 5) is 21.8. The van der Waals surface area contributed by atoms with Crippen LogP contribution < -0.4 is 10.8 Å². The van der Waals surface area contributed by atoms with Crippen molar-refractivity contribution in [2.45, 2.75) is 20.1 Å². The molecule has 0 spiro atoms. The predicted octanol–water partition coefficient (Wildman–Crippen LogP) is 3.86. The van der Waals surface area contributed by atoms with Gasteiger partial charge in [-0.1, -0.05) is 42.0 Å². The molecule has 0 fully saturated rings. The number of pyridine rings is 1. The zero-order valence-corrected chi connectivity index (χ0v) is 14.6. The first-order chi connectivity index (χ1) is 12.7. The largest absolute Gasteiger partial charge is 0.380 e. The minimum Gasteiger partial charge on any atom is -0.380 e. The lowest BCUT2D eigenvalue weighted by molar-refractivity contribution is 0.0234. The number of benzene rings is 2. The number of rotatable bonds is 7. The third-order valence-electron chi connectivity index (χ3n) is 3.93. The quantitative estimate of drug-likeness (QED) is 0.637. The van der Waals surface area contributed by atoms with Crippen molar-refractivity contribution in [1.82, 2.24) is 10.5 Å². The van der Waals surface area contributed by atoms with Gasteiger partial charge in [-0.3, -0.25) is 14.6 Å². The van der Waals surface area contributed by atoms with E-state index in [9.17, 15) is 4.79 Å². The first-order valence-corrected chi connectivity index (χ1v) is 8.42. The molecule has 0 aliphatic carbocycles. The molecule has 0 bridgehead atoms. The lowest BCUT2D eigenvalue weighted by Crippen LogP contribution is -2.24. The molecule has 2 N–H and O–H groups in total. The molecule has 5 heteroatoms. The normalized spacial score (nSPS) is 10.3. The van der Waals surface area contributed by atoms with Crippen LogP contribution in [0.4, 0.5) is 5.69 Å². The van der Waals surface area contributed by atoms with Crippen LogP contribution in [-0.2, 0) is 18.0 Å². The van der Waals surface area contributed by atoms with Gasteiger partial charge in [0.1, 0.15) is 0 Å². The summed E-state index contributed by atoms with van der Waals surface area (Å²) < 4.78 is 0. The molecule has 0 radical (unpaired) electrons. The number of hydrogen-bond donors (Lipinski definition) is 2. The van der Waals surface area contributed by atoms with Gasteiger partial charge in [-0.05, 0) is 42.3 Å². The summed E-state index contributed by atoms with van der Waals surface area (Å²) in [6, 6.07) is 19.2. The topological polar surface area (TPSA) is 63.2 Å². The number of para-hydroxylation sites is 1. The maximum atomic E-state index is 12.4. The van der Waals surface area contributed by atoms with Gasteiger partial charge >= 0.3 is 0 Å². The highest BCUT2D eigenvalue weighted by Gasteiger charge is 2.11. The number of aromatic nitrogens is 1. The number of aryl methyl sites for hydroxylation is 1. The van der Waals surface area contributed by atoms with Crippen LogP contribution in [0.15, 0.2) is 73.1 Å². The van der Waals surface area contributed by atoms with Gasteiger partial charge in [0.05, 0.1) is 12.2 Å². The van der Waals surface area contributed by atoms with E-state index in [0.29, 0.717) is 18.7 Å². The number of carbonyl (C=O) groups is 1. The summed E-state index contributed by atoms with van der Waals surface area (Å²) in [6.07, 6.45) is 3.49. The Balaban J connectivity index is 1.57. The molecular formula is C21H21N3O2. The van der Waals surface area contributed by atoms with Crippen molar-refractivity contribution in [3.05, 3.63) is 95.3 Å². The first kappa shape index (κ1) is 17.6. The third kappa shape index (κ3) is 4.91. The number of carbonyl (C=O) groups excluding carboxylic acids is 1. The fraction of sp³-hybridized carbons (Fsp3) is 0.143. The number of nitrogens with one attached hydrogen (secondary N) is 2. The third-order valence-corrected chi connectivity index (χ3v) is 3.93. The predicted molar refractivity (Wildman–Crippen MR) is 101 cm³/mol. The van der Waals surface area contributed by atoms with Gasteiger partial charge in [0.25, 0.3) is 5.91 Å². The van der Waals surface area contributed by atoms with Crippen molar-refractivity contribution in [2.75, 3.05) is 5.32 Å². The lowest BCUT2D eigenvalue weighted by Gasteiger charge is -2.12. The Labute approximate surface area is 153 Å². The minimum absolute atomic E-state index is 0.282. The van der Waals surface area contributed by atoms with Gasteiger partial charge in [0.2, 0.25) is 0 Å². The van der Waals surface area contributed by atoms with Crippen molar-refractivity contribution in [2.24, 2.45) is 0 Å². The van der Waals surface area contributed by atoms with E-state index < -0.39 is 0 Å². The molecule has 0 aliphatic rings. The maximum Gasteiger partial charge on any atom is 0.276 e. The Bertz CT molecular complexity index is 849. The average Bonchev–Trinajstić information content (AvgIpc) is 2.69. The molecule has 0 unspecified atom stereocenters. The van der Waals surface area contributed by atoms with E-state index in [1.807, 2.05) is 61.5 Å². The van der Waals surface area contributed by atoms with E-state index in [0.717, 1.165) is 16.8 Å². The second-order valence-corrected chi connectivity index (χ2v) is 5.96. The standard InChI is InChI=1S/C21H21N3O2/c1-16-6-8-18(9-7-16)15-26-24-21(25)19-4-2-3-5-20(19)23-14-17-10-12-22-13-11-17/h2-13,23H,14-15H2,1H3,(H,24,25). The zero-order valence-electron chi connectivity index (χ0n) is 14.6. The molecule has 0 aliphatic heterocycles. The highest BCUT2D eigenvalue weighted by atomic mass is 16.6. The molecule has 1 amide bonds. The number of hydroxylamine groups is 1. The molecule has 1 heterocycles. The van der Waals surface area contributed by atoms with E-state index in [1.165, 1.54) is 5.56 Å². The van der Waals surface area contributed by atoms with Gasteiger partial charge < -0.3 is 5.32 Å². The summed E-state index contributed by atoms with van der Waals surface area (Å²) in [5.74, 6) is -0.282. The Morgan fingerprint density at radius 3 is 2.46 bits per heavy atom. The highest BCUT2D eigenvalue weighted by molar-refractivity contribution is 5.98. The van der Waals surface area contributed by atoms with Crippen molar-refractivity contribution in [3.8, 4) is 0 Å². The van der Waals surface area contributed by atoms with Crippen molar-refractivity contribution < 1.29 is 9.63 Å². The molecule has 3 rings (SSSR count). The fourth-order valence-electron chi connectivity index (χ4n) is 2.46. The highest BCUT2D eigenvalue weighted by Crippen LogP contribution is 2.16. The maximum absolute atomic E-state index is 12.4. The van der Waals surface area contributed by atoms with Gasteiger partial charge in [-0.2, -0.15) is 0 Å². The Morgan fingerprint density at radius 2 is 1.69 bits per heavy atom. The molecule has 1 aromatic heterocycles. The number of anilines is 1. The Kier molecular flexibility index (Phi) is 5.96. The number of hydrogen-bond acceptors (Lipinski definition) is 4. The fourth-order valence-corrected chi connectivity index (χ4v) is 2.46. The Hall–Kier alpha value is -3.18. The summed E-state index contributed by atoms with van der Waals surface area (Å²) in [5, 5.41) is 3.28. The van der Waals surface area contributed by atoms with E-state index in [1.54, 1.807) is 18.5 Å². The van der Waals surface area contributed by atoms with E-state index in [2.05, 4.69) is 15.8 Å². The second-order valence-electron chi connectivity index (χ2n) is 5.96. The molecule has 3 aromatic rings. The van der Waals surface area contributed by atoms with Crippen molar-refractivity contribution >= 4 is 11.6 Å². The molecule has 0 saturated carbocycles. The molecule has 0 saturated heterocycles. The smallest absolute Gasteiger partial charge is 0.276 e. The van der Waals surface area contributed by atoms with Crippen LogP contribution >= 0.6 is 0 Å². The molecule has 26 heavy (non-hydrogen) atoms. The molecule has 132 valence electrons. The van der Waals surface area contributed by atoms with E-state index in [4.69, 9.17) is 4.84 Å². The van der Waals surface area contributed by atoms with Crippen LogP contribution in [0.5, 0.6) is 0 Å². The van der Waals surface area contributed by atoms with Gasteiger partial charge in [-0.25, -0.2) is 5.48 Å². The van der Waals surface area contributed by atoms with E-state index >= 15 is 0 Å². The van der Waals surface area contributed by atoms with Crippen LogP contribution in [0.25, 0.3) is 0 Å². The average molecular weight is 347 g/mol. The van der Waals surface area contributed by atoms with Crippen LogP contribution in [0.2, 0.25) is 0 Å². The van der Waals surface area contributed by atoms with Gasteiger partial charge in [0.15, 0.2) is 0 Å². The minimum atomic E-state index is -0.282. The molecule has 5 nitrogen and oxygen atoms in total. The summed E-state index contributed by atoms with van der Waals surface area (Å²) in [6.45, 7) is 2.96. The summed E-state index contributed by atoms with van der Waals surface area (Å²) >= 11 is 0. The zero-order chi connectivity index (χ0) is 18.2. The Morgan fingerprint density at radius 1 is 0.962 bits per heavy atom. The second kappa shape index (κ2) is 8.78. The number of amides is 1. The van der Waals surface area contributed by atoms with Crippen LogP contribution in [0, 0.1) is 6.92 Å². The summed E-state index contributed by atoms with van der Waals surface area (Å²) in [5.41, 5.74) is 7.07. The van der Waals surface area contributed by atoms with Gasteiger partial charge in [0, 0.05) is 24.6 Å². The van der Waals surface area contributed by atoms with Crippen LogP contribution in [0.3, 0.4) is 0 Å².